The molecule has 1 fully saturated rings. The maximum absolute atomic E-state index is 11.7. The van der Waals surface area contributed by atoms with Gasteiger partial charge in [-0.05, 0) is 30.5 Å². The third kappa shape index (κ3) is 5.85. The Bertz CT molecular complexity index is 537. The summed E-state index contributed by atoms with van der Waals surface area (Å²) in [4.78, 5) is 19.0. The van der Waals surface area contributed by atoms with Crippen molar-refractivity contribution in [2.75, 3.05) is 37.8 Å². The van der Waals surface area contributed by atoms with Gasteiger partial charge in [0.05, 0.1) is 19.4 Å². The molecule has 132 valence electrons. The minimum Gasteiger partial charge on any atom is -0.386 e. The number of hydrogen-bond donors (Lipinski definition) is 1. The molecule has 0 aliphatic carbocycles. The van der Waals surface area contributed by atoms with Crippen LogP contribution >= 0.6 is 0 Å². The van der Waals surface area contributed by atoms with Gasteiger partial charge in [0.25, 0.3) is 5.91 Å². The lowest BCUT2D eigenvalue weighted by Gasteiger charge is -2.28. The van der Waals surface area contributed by atoms with Crippen LogP contribution in [0.3, 0.4) is 0 Å². The molecular weight excluding hydrogens is 306 g/mol. The van der Waals surface area contributed by atoms with E-state index in [0.717, 1.165) is 31.9 Å². The van der Waals surface area contributed by atoms with Crippen molar-refractivity contribution in [1.82, 2.24) is 5.32 Å². The molecule has 1 aliphatic heterocycles. The Labute approximate surface area is 143 Å². The van der Waals surface area contributed by atoms with E-state index in [1.165, 1.54) is 5.69 Å². The van der Waals surface area contributed by atoms with Gasteiger partial charge in [-0.25, -0.2) is 0 Å². The summed E-state index contributed by atoms with van der Waals surface area (Å²) in [7, 11) is 0. The Morgan fingerprint density at radius 3 is 2.58 bits per heavy atom. The second kappa shape index (κ2) is 9.27. The zero-order chi connectivity index (χ0) is 17.4. The summed E-state index contributed by atoms with van der Waals surface area (Å²) in [5, 5.41) is 6.72. The molecule has 0 radical (unpaired) electrons. The molecule has 0 saturated carbocycles. The van der Waals surface area contributed by atoms with E-state index in [1.54, 1.807) is 6.21 Å². The molecule has 1 saturated heterocycles. The molecule has 1 amide bonds. The summed E-state index contributed by atoms with van der Waals surface area (Å²) >= 11 is 0. The molecule has 0 aromatic heterocycles. The fraction of sp³-hybridized carbons (Fsp3) is 0.556. The summed E-state index contributed by atoms with van der Waals surface area (Å²) in [6, 6.07) is 8.21. The molecular formula is C18H27N3O3. The van der Waals surface area contributed by atoms with Gasteiger partial charge < -0.3 is 19.8 Å². The van der Waals surface area contributed by atoms with Crippen LogP contribution in [-0.4, -0.2) is 51.1 Å². The van der Waals surface area contributed by atoms with E-state index >= 15 is 0 Å². The largest absolute Gasteiger partial charge is 0.386 e. The van der Waals surface area contributed by atoms with Crippen LogP contribution in [0.4, 0.5) is 5.69 Å². The number of hydrogen-bond acceptors (Lipinski definition) is 5. The average Bonchev–Trinajstić information content (AvgIpc) is 2.60. The van der Waals surface area contributed by atoms with E-state index in [-0.39, 0.29) is 18.6 Å². The number of ether oxygens (including phenoxy) is 1. The van der Waals surface area contributed by atoms with Crippen LogP contribution < -0.4 is 10.2 Å². The first-order chi connectivity index (χ1) is 11.6. The van der Waals surface area contributed by atoms with Gasteiger partial charge in [0.1, 0.15) is 0 Å². The molecule has 1 atom stereocenters. The Balaban J connectivity index is 1.75. The van der Waals surface area contributed by atoms with Crippen molar-refractivity contribution in [2.24, 2.45) is 11.1 Å². The van der Waals surface area contributed by atoms with Crippen molar-refractivity contribution in [3.05, 3.63) is 29.8 Å². The van der Waals surface area contributed by atoms with Crippen LogP contribution in [0.25, 0.3) is 0 Å². The number of carbonyl (C=O) groups is 1. The fourth-order valence-corrected chi connectivity index (χ4v) is 2.25. The highest BCUT2D eigenvalue weighted by Crippen LogP contribution is 2.15. The number of amides is 1. The van der Waals surface area contributed by atoms with Crippen molar-refractivity contribution in [2.45, 2.75) is 26.8 Å². The summed E-state index contributed by atoms with van der Waals surface area (Å²) < 4.78 is 5.35. The molecule has 1 N–H and O–H groups in total. The number of nitrogens with zero attached hydrogens (tertiary/aromatic N) is 2. The summed E-state index contributed by atoms with van der Waals surface area (Å²) in [5.74, 6) is 0.235. The molecule has 2 rings (SSSR count). The quantitative estimate of drug-likeness (QED) is 0.613. The number of nitrogens with one attached hydrogen (secondary N) is 1. The molecule has 1 aliphatic rings. The van der Waals surface area contributed by atoms with Crippen molar-refractivity contribution in [1.29, 1.82) is 0 Å². The summed E-state index contributed by atoms with van der Waals surface area (Å²) in [6.07, 6.45) is 1.61. The van der Waals surface area contributed by atoms with Crippen LogP contribution in [0, 0.1) is 5.92 Å². The average molecular weight is 333 g/mol. The van der Waals surface area contributed by atoms with E-state index in [4.69, 9.17) is 9.57 Å². The topological polar surface area (TPSA) is 63.2 Å². The van der Waals surface area contributed by atoms with Crippen LogP contribution in [0.2, 0.25) is 0 Å². The van der Waals surface area contributed by atoms with Crippen LogP contribution in [-0.2, 0) is 14.4 Å². The van der Waals surface area contributed by atoms with E-state index < -0.39 is 0 Å². The highest BCUT2D eigenvalue weighted by Gasteiger charge is 2.11. The van der Waals surface area contributed by atoms with Crippen LogP contribution in [0.15, 0.2) is 29.4 Å². The first-order valence-corrected chi connectivity index (χ1v) is 8.43. The lowest BCUT2D eigenvalue weighted by atomic mass is 10.1. The van der Waals surface area contributed by atoms with E-state index in [1.807, 2.05) is 19.1 Å². The van der Waals surface area contributed by atoms with Gasteiger partial charge in [-0.3, -0.25) is 4.79 Å². The number of carbonyl (C=O) groups excluding carboxylic acids is 1. The van der Waals surface area contributed by atoms with Gasteiger partial charge in [-0.15, -0.1) is 0 Å². The molecule has 6 nitrogen and oxygen atoms in total. The zero-order valence-corrected chi connectivity index (χ0v) is 14.7. The smallest absolute Gasteiger partial charge is 0.260 e. The lowest BCUT2D eigenvalue weighted by molar-refractivity contribution is -0.126. The number of anilines is 1. The second-order valence-electron chi connectivity index (χ2n) is 6.30. The van der Waals surface area contributed by atoms with Gasteiger partial charge in [0.2, 0.25) is 0 Å². The first-order valence-electron chi connectivity index (χ1n) is 8.43. The zero-order valence-electron chi connectivity index (χ0n) is 14.7. The SMILES string of the molecule is CC(C)C(C)NC(=O)CON=Cc1ccc(N2CCOCC2)cc1. The Morgan fingerprint density at radius 2 is 1.96 bits per heavy atom. The standard InChI is InChI=1S/C18H27N3O3/c1-14(2)15(3)20-18(22)13-24-19-12-16-4-6-17(7-5-16)21-8-10-23-11-9-21/h4-7,12,14-15H,8-11,13H2,1-3H3,(H,20,22). The lowest BCUT2D eigenvalue weighted by Crippen LogP contribution is -2.38. The normalized spacial score (nSPS) is 16.4. The third-order valence-corrected chi connectivity index (χ3v) is 4.13. The van der Waals surface area contributed by atoms with Crippen molar-refractivity contribution >= 4 is 17.8 Å². The van der Waals surface area contributed by atoms with Gasteiger partial charge in [-0.1, -0.05) is 31.1 Å². The first kappa shape index (κ1) is 18.3. The molecule has 1 heterocycles. The van der Waals surface area contributed by atoms with E-state index in [9.17, 15) is 4.79 Å². The van der Waals surface area contributed by atoms with Crippen molar-refractivity contribution in [3.8, 4) is 0 Å². The Morgan fingerprint density at radius 1 is 1.29 bits per heavy atom. The van der Waals surface area contributed by atoms with Crippen molar-refractivity contribution < 1.29 is 14.4 Å². The summed E-state index contributed by atoms with van der Waals surface area (Å²) in [5.41, 5.74) is 2.11. The Kier molecular flexibility index (Phi) is 7.06. The predicted octanol–water partition coefficient (Wildman–Crippen LogP) is 2.03. The third-order valence-electron chi connectivity index (χ3n) is 4.13. The van der Waals surface area contributed by atoms with E-state index in [2.05, 4.69) is 41.4 Å². The number of morpholine rings is 1. The van der Waals surface area contributed by atoms with Gasteiger partial charge in [0, 0.05) is 24.8 Å². The summed E-state index contributed by atoms with van der Waals surface area (Å²) in [6.45, 7) is 9.40. The van der Waals surface area contributed by atoms with Gasteiger partial charge in [0.15, 0.2) is 6.61 Å². The minimum atomic E-state index is -0.156. The minimum absolute atomic E-state index is 0.0700. The highest BCUT2D eigenvalue weighted by atomic mass is 16.6. The van der Waals surface area contributed by atoms with Crippen LogP contribution in [0.5, 0.6) is 0 Å². The molecule has 0 bridgehead atoms. The number of oxime groups is 1. The molecule has 1 aromatic carbocycles. The Hall–Kier alpha value is -2.08. The van der Waals surface area contributed by atoms with E-state index in [0.29, 0.717) is 5.92 Å². The monoisotopic (exact) mass is 333 g/mol. The molecule has 1 unspecified atom stereocenters. The molecule has 6 heteroatoms. The molecule has 0 spiro atoms. The molecule has 1 aromatic rings. The van der Waals surface area contributed by atoms with Crippen LogP contribution in [0.1, 0.15) is 26.3 Å². The number of benzene rings is 1. The maximum atomic E-state index is 11.7. The van der Waals surface area contributed by atoms with Gasteiger partial charge in [-0.2, -0.15) is 0 Å². The van der Waals surface area contributed by atoms with Crippen molar-refractivity contribution in [3.63, 3.8) is 0 Å². The predicted molar refractivity (Wildman–Crippen MR) is 95.5 cm³/mol. The number of rotatable bonds is 7. The van der Waals surface area contributed by atoms with Gasteiger partial charge >= 0.3 is 0 Å². The fourth-order valence-electron chi connectivity index (χ4n) is 2.25. The highest BCUT2D eigenvalue weighted by molar-refractivity contribution is 5.80. The molecule has 24 heavy (non-hydrogen) atoms. The second-order valence-corrected chi connectivity index (χ2v) is 6.30. The maximum Gasteiger partial charge on any atom is 0.260 e.